The van der Waals surface area contributed by atoms with Crippen LogP contribution in [0.5, 0.6) is 0 Å². The topological polar surface area (TPSA) is 556 Å². The molecule has 38 heteroatoms. The minimum atomic E-state index is -1.54. The fraction of sp³-hybridized carbons (Fsp3) is 0.859. The van der Waals surface area contributed by atoms with Crippen LogP contribution in [0.1, 0.15) is 124 Å². The molecular weight excluding hydrogens is 1360 g/mol. The number of hydrogen-bond donors (Lipinski definition) is 19. The second-order valence-corrected chi connectivity index (χ2v) is 25.4. The van der Waals surface area contributed by atoms with Crippen molar-refractivity contribution in [3.8, 4) is 0 Å². The molecule has 3 aliphatic heterocycles. The average molecular weight is 1470 g/mol. The van der Waals surface area contributed by atoms with Crippen LogP contribution in [0.2, 0.25) is 0 Å². The van der Waals surface area contributed by atoms with Crippen LogP contribution >= 0.6 is 0 Å². The molecule has 17 unspecified atom stereocenters. The number of carbonyl (C=O) groups is 9. The van der Waals surface area contributed by atoms with Crippen molar-refractivity contribution in [1.29, 1.82) is 0 Å². The predicted octanol–water partition coefficient (Wildman–Crippen LogP) is -7.65. The van der Waals surface area contributed by atoms with E-state index in [4.69, 9.17) is 47.4 Å². The van der Waals surface area contributed by atoms with Gasteiger partial charge in [0.25, 0.3) is 0 Å². The Balaban J connectivity index is 1.33. The summed E-state index contributed by atoms with van der Waals surface area (Å²) in [6.45, 7) is 0.452. The second kappa shape index (κ2) is 49.3. The van der Waals surface area contributed by atoms with Crippen molar-refractivity contribution in [1.82, 2.24) is 47.9 Å². The predicted molar refractivity (Wildman–Crippen MR) is 352 cm³/mol. The lowest BCUT2D eigenvalue weighted by molar-refractivity contribution is -0.272. The lowest BCUT2D eigenvalue weighted by Crippen LogP contribution is -2.64. The quantitative estimate of drug-likeness (QED) is 0.0252. The van der Waals surface area contributed by atoms with Gasteiger partial charge in [0.2, 0.25) is 53.2 Å². The molecule has 38 nitrogen and oxygen atoms in total. The molecule has 3 heterocycles. The van der Waals surface area contributed by atoms with Gasteiger partial charge in [0, 0.05) is 79.6 Å². The summed E-state index contributed by atoms with van der Waals surface area (Å²) in [5.41, 5.74) is 0. The Morgan fingerprint density at radius 3 is 1.11 bits per heavy atom. The Morgan fingerprint density at radius 2 is 0.745 bits per heavy atom. The number of aliphatic hydroxyl groups excluding tert-OH is 10. The maximum absolute atomic E-state index is 13.8. The van der Waals surface area contributed by atoms with Crippen LogP contribution in [0.3, 0.4) is 0 Å². The Morgan fingerprint density at radius 1 is 0.402 bits per heavy atom. The molecule has 0 aromatic rings. The summed E-state index contributed by atoms with van der Waals surface area (Å²) in [5.74, 6) is -4.87. The highest BCUT2D eigenvalue weighted by molar-refractivity contribution is 5.90. The number of ether oxygens (including phenoxy) is 10. The van der Waals surface area contributed by atoms with Gasteiger partial charge in [-0.3, -0.25) is 43.2 Å². The Kier molecular flexibility index (Phi) is 42.9. The van der Waals surface area contributed by atoms with Gasteiger partial charge in [-0.15, -0.1) is 0 Å². The van der Waals surface area contributed by atoms with E-state index in [0.29, 0.717) is 38.5 Å². The van der Waals surface area contributed by atoms with E-state index in [0.717, 1.165) is 32.1 Å². The number of methoxy groups -OCH3 is 1. The first-order valence-corrected chi connectivity index (χ1v) is 35.0. The fourth-order valence-electron chi connectivity index (χ4n) is 11.8. The summed E-state index contributed by atoms with van der Waals surface area (Å²) in [5, 5.41) is 125. The van der Waals surface area contributed by atoms with E-state index >= 15 is 0 Å². The van der Waals surface area contributed by atoms with Crippen LogP contribution in [0.15, 0.2) is 0 Å². The number of amides is 9. The van der Waals surface area contributed by atoms with Gasteiger partial charge in [0.15, 0.2) is 18.9 Å². The van der Waals surface area contributed by atoms with Crippen molar-refractivity contribution >= 4 is 53.2 Å². The zero-order chi connectivity index (χ0) is 75.1. The first-order chi connectivity index (χ1) is 48.8. The third-order valence-electron chi connectivity index (χ3n) is 17.3. The number of aliphatic hydroxyl groups is 10. The van der Waals surface area contributed by atoms with Gasteiger partial charge in [-0.2, -0.15) is 0 Å². The molecule has 0 bridgehead atoms. The summed E-state index contributed by atoms with van der Waals surface area (Å²) in [4.78, 5) is 116. The van der Waals surface area contributed by atoms with Crippen LogP contribution in [0, 0.1) is 0 Å². The van der Waals surface area contributed by atoms with E-state index in [-0.39, 0.29) is 123 Å². The summed E-state index contributed by atoms with van der Waals surface area (Å²) >= 11 is 0. The van der Waals surface area contributed by atoms with E-state index in [1.54, 1.807) is 7.11 Å². The molecule has 0 spiro atoms. The molecule has 3 saturated heterocycles. The second-order valence-electron chi connectivity index (χ2n) is 25.4. The van der Waals surface area contributed by atoms with E-state index in [1.807, 2.05) is 0 Å². The molecule has 0 aromatic heterocycles. The van der Waals surface area contributed by atoms with E-state index in [2.05, 4.69) is 47.9 Å². The first-order valence-electron chi connectivity index (χ1n) is 35.0. The molecule has 4 aliphatic rings. The smallest absolute Gasteiger partial charge is 0.242 e. The largest absolute Gasteiger partial charge is 0.394 e. The van der Waals surface area contributed by atoms with Gasteiger partial charge in [-0.1, -0.05) is 38.5 Å². The molecule has 0 radical (unpaired) electrons. The summed E-state index contributed by atoms with van der Waals surface area (Å²) in [6, 6.07) is -6.36. The van der Waals surface area contributed by atoms with Gasteiger partial charge in [-0.05, 0) is 32.1 Å². The van der Waals surface area contributed by atoms with Crippen LogP contribution in [-0.2, 0) is 90.5 Å². The third kappa shape index (κ3) is 32.4. The van der Waals surface area contributed by atoms with Crippen molar-refractivity contribution in [2.45, 2.75) is 246 Å². The van der Waals surface area contributed by atoms with E-state index < -0.39 is 184 Å². The van der Waals surface area contributed by atoms with Crippen molar-refractivity contribution < 1.29 is 142 Å². The molecule has 4 fully saturated rings. The van der Waals surface area contributed by atoms with Crippen molar-refractivity contribution in [3.05, 3.63) is 0 Å². The van der Waals surface area contributed by atoms with Crippen molar-refractivity contribution in [2.75, 3.05) is 106 Å². The van der Waals surface area contributed by atoms with Crippen molar-refractivity contribution in [2.24, 2.45) is 0 Å². The number of hydrogen-bond acceptors (Lipinski definition) is 29. The first kappa shape index (κ1) is 88.8. The molecular formula is C64H113N9O29. The van der Waals surface area contributed by atoms with Gasteiger partial charge in [-0.25, -0.2) is 0 Å². The molecule has 9 amide bonds. The minimum Gasteiger partial charge on any atom is -0.394 e. The monoisotopic (exact) mass is 1470 g/mol. The molecule has 4 rings (SSSR count). The van der Waals surface area contributed by atoms with Crippen molar-refractivity contribution in [3.63, 3.8) is 0 Å². The van der Waals surface area contributed by atoms with Crippen LogP contribution < -0.4 is 47.9 Å². The van der Waals surface area contributed by atoms with Gasteiger partial charge in [0.05, 0.1) is 97.5 Å². The highest BCUT2D eigenvalue weighted by atomic mass is 16.7. The zero-order valence-corrected chi connectivity index (χ0v) is 58.7. The average Bonchev–Trinajstić information content (AvgIpc) is 1.03. The lowest BCUT2D eigenvalue weighted by Gasteiger charge is -2.42. The van der Waals surface area contributed by atoms with E-state index in [1.165, 1.54) is 20.8 Å². The van der Waals surface area contributed by atoms with Gasteiger partial charge in [0.1, 0.15) is 85.1 Å². The van der Waals surface area contributed by atoms with Crippen LogP contribution in [0.25, 0.3) is 0 Å². The summed E-state index contributed by atoms with van der Waals surface area (Å²) in [7, 11) is 1.56. The standard InChI is InChI=1S/C64H113N9O29/c1-36(77)68-51-57(88)54(85)44(33-74)100-62(51)97-28-25-94-22-19-65-47(81)17-15-40(60(91)66-20-23-95-26-29-98-63-52(69-37(2)78)58(89)55(86)45(34-75)101-63)72-50(84)18-16-41(61(92)67-21-24-96-27-30-99-64-53(70-38(3)79)59(90)56(87)46(35-76)102-64)71-48(82)13-11-9-7-5-6-8-10-12-14-49(83)73-42-31-39(80)32-43(42)93-4/h39-46,51-59,62-64,74-76,80,85-90H,5-35H2,1-4H3,(H,65,81)(H,66,91)(H,67,92)(H,68,77)(H,69,78)(H,70,79)(H,71,82)(H,72,84)(H,73,83)/t39-,40?,41?,42+,43+,44?,45?,46?,51?,52?,53?,54?,55?,56?,57?,58?,59?,62?,63?,64?/m0/s1. The van der Waals surface area contributed by atoms with Gasteiger partial charge >= 0.3 is 0 Å². The van der Waals surface area contributed by atoms with Gasteiger partial charge < -0.3 is 146 Å². The van der Waals surface area contributed by atoms with Crippen LogP contribution in [-0.4, -0.2) is 333 Å². The van der Waals surface area contributed by atoms with Crippen LogP contribution in [0.4, 0.5) is 0 Å². The SMILES string of the molecule is CO[C@@H]1C[C@@H](O)C[C@H]1NC(=O)CCCCCCCCCCC(=O)NC(CCC(=O)NC(CCC(=O)NCCOCCOC1OC(CO)C(O)C(O)C1NC(C)=O)C(=O)NCCOCCOC1OC(CO)C(O)C(O)C1NC(C)=O)C(=O)NCCOCCOC1OC(CO)C(O)C(O)C1NC(C)=O. The molecule has 1 saturated carbocycles. The molecule has 20 atom stereocenters. The molecule has 19 N–H and O–H groups in total. The Labute approximate surface area is 592 Å². The number of nitrogens with one attached hydrogen (secondary N) is 9. The normalized spacial score (nSPS) is 28.4. The number of unbranched alkanes of at least 4 members (excludes halogenated alkanes) is 7. The highest BCUT2D eigenvalue weighted by Crippen LogP contribution is 2.26. The van der Waals surface area contributed by atoms with E-state index in [9.17, 15) is 94.2 Å². The third-order valence-corrected chi connectivity index (χ3v) is 17.3. The molecule has 102 heavy (non-hydrogen) atoms. The number of rotatable bonds is 50. The minimum absolute atomic E-state index is 0.0204. The zero-order valence-electron chi connectivity index (χ0n) is 58.7. The summed E-state index contributed by atoms with van der Waals surface area (Å²) in [6.07, 6.45) is -10.8. The summed E-state index contributed by atoms with van der Waals surface area (Å²) < 4.78 is 55.8. The fourth-order valence-corrected chi connectivity index (χ4v) is 11.8. The molecule has 588 valence electrons. The highest BCUT2D eigenvalue weighted by Gasteiger charge is 2.48. The lowest BCUT2D eigenvalue weighted by atomic mass is 9.97. The molecule has 0 aromatic carbocycles. The maximum atomic E-state index is 13.8. The maximum Gasteiger partial charge on any atom is 0.242 e. The molecule has 1 aliphatic carbocycles. The number of carbonyl (C=O) groups excluding carboxylic acids is 9. The Bertz CT molecular complexity index is 2500. The Hall–Kier alpha value is -5.57.